The molecule has 2 heterocycles. The van der Waals surface area contributed by atoms with Crippen molar-refractivity contribution in [3.63, 3.8) is 0 Å². The third kappa shape index (κ3) is 4.43. The number of alkyl halides is 3. The molecular formula is C21H17F3N2O4S. The van der Waals surface area contributed by atoms with E-state index in [1.807, 2.05) is 0 Å². The van der Waals surface area contributed by atoms with Gasteiger partial charge < -0.3 is 9.73 Å². The standard InChI is InChI=1S/C21H17F3N2O4S/c22-21(23,24)15-4-1-3-14(13-15)18-9-10-19(30-18)20(27)25-16-5-7-17(8-6-16)26-11-2-12-31(26,28)29/h1,3-10,13H,2,11-12H2,(H,25,27). The average Bonchev–Trinajstić information content (AvgIpc) is 3.35. The summed E-state index contributed by atoms with van der Waals surface area (Å²) in [5.74, 6) is -0.415. The highest BCUT2D eigenvalue weighted by atomic mass is 32.2. The largest absolute Gasteiger partial charge is 0.451 e. The molecular weight excluding hydrogens is 433 g/mol. The Kier molecular flexibility index (Phi) is 5.26. The first-order chi connectivity index (χ1) is 14.6. The number of amides is 1. The van der Waals surface area contributed by atoms with E-state index in [2.05, 4.69) is 5.32 Å². The molecule has 0 bridgehead atoms. The van der Waals surface area contributed by atoms with Crippen LogP contribution >= 0.6 is 0 Å². The highest BCUT2D eigenvalue weighted by molar-refractivity contribution is 7.93. The lowest BCUT2D eigenvalue weighted by atomic mass is 10.1. The minimum Gasteiger partial charge on any atom is -0.451 e. The van der Waals surface area contributed by atoms with Crippen LogP contribution < -0.4 is 9.62 Å². The van der Waals surface area contributed by atoms with Crippen LogP contribution in [0.3, 0.4) is 0 Å². The molecule has 0 aliphatic carbocycles. The summed E-state index contributed by atoms with van der Waals surface area (Å²) in [6, 6.07) is 13.7. The first-order valence-corrected chi connectivity index (χ1v) is 10.9. The van der Waals surface area contributed by atoms with Gasteiger partial charge in [0.15, 0.2) is 5.76 Å². The van der Waals surface area contributed by atoms with E-state index in [4.69, 9.17) is 4.42 Å². The number of hydrogen-bond acceptors (Lipinski definition) is 4. The molecule has 162 valence electrons. The number of halogens is 3. The highest BCUT2D eigenvalue weighted by Crippen LogP contribution is 2.33. The van der Waals surface area contributed by atoms with Crippen LogP contribution in [-0.4, -0.2) is 26.6 Å². The lowest BCUT2D eigenvalue weighted by molar-refractivity contribution is -0.137. The van der Waals surface area contributed by atoms with Gasteiger partial charge in [-0.1, -0.05) is 12.1 Å². The van der Waals surface area contributed by atoms with Gasteiger partial charge in [0.1, 0.15) is 5.76 Å². The second-order valence-electron chi connectivity index (χ2n) is 6.99. The molecule has 4 rings (SSSR count). The fourth-order valence-electron chi connectivity index (χ4n) is 3.30. The number of sulfonamides is 1. The maximum Gasteiger partial charge on any atom is 0.416 e. The molecule has 6 nitrogen and oxygen atoms in total. The monoisotopic (exact) mass is 450 g/mol. The predicted molar refractivity (Wildman–Crippen MR) is 109 cm³/mol. The first kappa shape index (κ1) is 21.0. The van der Waals surface area contributed by atoms with E-state index in [1.54, 1.807) is 24.3 Å². The number of hydrogen-bond donors (Lipinski definition) is 1. The molecule has 1 aromatic heterocycles. The van der Waals surface area contributed by atoms with Crippen molar-refractivity contribution < 1.29 is 30.8 Å². The molecule has 1 N–H and O–H groups in total. The number of rotatable bonds is 4. The summed E-state index contributed by atoms with van der Waals surface area (Å²) >= 11 is 0. The van der Waals surface area contributed by atoms with Crippen molar-refractivity contribution in [2.75, 3.05) is 21.9 Å². The fourth-order valence-corrected chi connectivity index (χ4v) is 4.86. The van der Waals surface area contributed by atoms with Crippen molar-refractivity contribution in [2.24, 2.45) is 0 Å². The van der Waals surface area contributed by atoms with Gasteiger partial charge in [-0.15, -0.1) is 0 Å². The molecule has 1 saturated heterocycles. The van der Waals surface area contributed by atoms with Crippen LogP contribution in [0.1, 0.15) is 22.5 Å². The van der Waals surface area contributed by atoms with Crippen LogP contribution in [0.4, 0.5) is 24.5 Å². The number of nitrogens with zero attached hydrogens (tertiary/aromatic N) is 1. The van der Waals surface area contributed by atoms with Crippen LogP contribution in [0.15, 0.2) is 65.1 Å². The maximum atomic E-state index is 12.9. The number of benzene rings is 2. The molecule has 10 heteroatoms. The Hall–Kier alpha value is -3.27. The van der Waals surface area contributed by atoms with Crippen molar-refractivity contribution in [1.82, 2.24) is 0 Å². The third-order valence-electron chi connectivity index (χ3n) is 4.82. The van der Waals surface area contributed by atoms with E-state index in [0.717, 1.165) is 12.1 Å². The van der Waals surface area contributed by atoms with Gasteiger partial charge >= 0.3 is 6.18 Å². The summed E-state index contributed by atoms with van der Waals surface area (Å²) in [7, 11) is -3.29. The van der Waals surface area contributed by atoms with E-state index in [0.29, 0.717) is 24.3 Å². The van der Waals surface area contributed by atoms with Gasteiger partial charge in [-0.3, -0.25) is 9.10 Å². The molecule has 31 heavy (non-hydrogen) atoms. The zero-order valence-electron chi connectivity index (χ0n) is 16.0. The van der Waals surface area contributed by atoms with Crippen LogP contribution in [0.5, 0.6) is 0 Å². The zero-order valence-corrected chi connectivity index (χ0v) is 16.8. The van der Waals surface area contributed by atoms with Crippen molar-refractivity contribution in [3.8, 4) is 11.3 Å². The molecule has 1 aliphatic rings. The summed E-state index contributed by atoms with van der Waals surface area (Å²) in [6.45, 7) is 0.415. The Bertz CT molecular complexity index is 1220. The van der Waals surface area contributed by atoms with Crippen molar-refractivity contribution in [1.29, 1.82) is 0 Å². The molecule has 1 amide bonds. The van der Waals surface area contributed by atoms with E-state index >= 15 is 0 Å². The zero-order chi connectivity index (χ0) is 22.2. The van der Waals surface area contributed by atoms with Crippen LogP contribution in [0, 0.1) is 0 Å². The lowest BCUT2D eigenvalue weighted by Gasteiger charge is -2.17. The second kappa shape index (κ2) is 7.77. The number of carbonyl (C=O) groups excluding carboxylic acids is 1. The van der Waals surface area contributed by atoms with Gasteiger partial charge in [-0.05, 0) is 55.0 Å². The van der Waals surface area contributed by atoms with Gasteiger partial charge in [0.25, 0.3) is 5.91 Å². The maximum absolute atomic E-state index is 12.9. The van der Waals surface area contributed by atoms with E-state index in [-0.39, 0.29) is 22.8 Å². The van der Waals surface area contributed by atoms with Gasteiger partial charge in [-0.2, -0.15) is 13.2 Å². The number of furan rings is 1. The Morgan fingerprint density at radius 3 is 2.42 bits per heavy atom. The first-order valence-electron chi connectivity index (χ1n) is 9.33. The topological polar surface area (TPSA) is 79.6 Å². The summed E-state index contributed by atoms with van der Waals surface area (Å²) in [4.78, 5) is 12.4. The van der Waals surface area contributed by atoms with E-state index < -0.39 is 27.7 Å². The lowest BCUT2D eigenvalue weighted by Crippen LogP contribution is -2.24. The van der Waals surface area contributed by atoms with Crippen LogP contribution in [0.25, 0.3) is 11.3 Å². The quantitative estimate of drug-likeness (QED) is 0.622. The molecule has 0 saturated carbocycles. The summed E-state index contributed by atoms with van der Waals surface area (Å²) in [5, 5.41) is 2.62. The Morgan fingerprint density at radius 2 is 1.77 bits per heavy atom. The highest BCUT2D eigenvalue weighted by Gasteiger charge is 2.31. The number of nitrogens with one attached hydrogen (secondary N) is 1. The summed E-state index contributed by atoms with van der Waals surface area (Å²) in [6.07, 6.45) is -3.92. The smallest absolute Gasteiger partial charge is 0.416 e. The molecule has 0 atom stereocenters. The molecule has 2 aromatic carbocycles. The van der Waals surface area contributed by atoms with E-state index in [1.165, 1.54) is 28.6 Å². The normalized spacial score (nSPS) is 15.8. The predicted octanol–water partition coefficient (Wildman–Crippen LogP) is 4.76. The SMILES string of the molecule is O=C(Nc1ccc(N2CCCS2(=O)=O)cc1)c1ccc(-c2cccc(C(F)(F)F)c2)o1. The molecule has 1 aliphatic heterocycles. The average molecular weight is 450 g/mol. The molecule has 0 radical (unpaired) electrons. The minimum atomic E-state index is -4.48. The Labute approximate surface area is 176 Å². The molecule has 3 aromatic rings. The van der Waals surface area contributed by atoms with Crippen LogP contribution in [0.2, 0.25) is 0 Å². The van der Waals surface area contributed by atoms with Crippen molar-refractivity contribution >= 4 is 27.3 Å². The third-order valence-corrected chi connectivity index (χ3v) is 6.69. The van der Waals surface area contributed by atoms with Crippen molar-refractivity contribution in [3.05, 3.63) is 72.0 Å². The van der Waals surface area contributed by atoms with Crippen molar-refractivity contribution in [2.45, 2.75) is 12.6 Å². The second-order valence-corrected chi connectivity index (χ2v) is 9.00. The fraction of sp³-hybridized carbons (Fsp3) is 0.190. The molecule has 0 spiro atoms. The van der Waals surface area contributed by atoms with Gasteiger partial charge in [-0.25, -0.2) is 8.42 Å². The number of anilines is 2. The number of carbonyl (C=O) groups is 1. The van der Waals surface area contributed by atoms with Gasteiger partial charge in [0.2, 0.25) is 10.0 Å². The summed E-state index contributed by atoms with van der Waals surface area (Å²) < 4.78 is 69.4. The Morgan fingerprint density at radius 1 is 1.03 bits per heavy atom. The summed E-state index contributed by atoms with van der Waals surface area (Å²) in [5.41, 5.74) is 0.320. The minimum absolute atomic E-state index is 0.0707. The van der Waals surface area contributed by atoms with Gasteiger partial charge in [0, 0.05) is 17.8 Å². The van der Waals surface area contributed by atoms with Gasteiger partial charge in [0.05, 0.1) is 17.0 Å². The Balaban J connectivity index is 1.47. The van der Waals surface area contributed by atoms with Crippen LogP contribution in [-0.2, 0) is 16.2 Å². The van der Waals surface area contributed by atoms with E-state index in [9.17, 15) is 26.4 Å². The molecule has 1 fully saturated rings. The molecule has 0 unspecified atom stereocenters.